The van der Waals surface area contributed by atoms with E-state index in [9.17, 15) is 19.5 Å². The lowest BCUT2D eigenvalue weighted by Gasteiger charge is -2.33. The number of hydrogen-bond acceptors (Lipinski definition) is 6. The van der Waals surface area contributed by atoms with Crippen LogP contribution in [0.1, 0.15) is 50.5 Å². The fraction of sp³-hybridized carbons (Fsp3) is 0.667. The monoisotopic (exact) mass is 539 g/mol. The molecule has 9 nitrogen and oxygen atoms in total. The number of carboxylic acids is 1. The summed E-state index contributed by atoms with van der Waals surface area (Å²) < 4.78 is 10.6. The molecule has 37 heavy (non-hydrogen) atoms. The van der Waals surface area contributed by atoms with Gasteiger partial charge in [0, 0.05) is 26.1 Å². The van der Waals surface area contributed by atoms with Crippen LogP contribution < -0.4 is 20.1 Å². The number of nitrogens with one attached hydrogen (secondary N) is 2. The first-order chi connectivity index (χ1) is 17.4. The Morgan fingerprint density at radius 1 is 1.14 bits per heavy atom. The number of benzene rings is 1. The number of piperidine rings is 2. The molecule has 2 fully saturated rings. The minimum absolute atomic E-state index is 0. The van der Waals surface area contributed by atoms with Gasteiger partial charge in [-0.15, -0.1) is 12.4 Å². The van der Waals surface area contributed by atoms with E-state index in [0.717, 1.165) is 44.3 Å². The first kappa shape index (κ1) is 30.7. The molecule has 208 valence electrons. The summed E-state index contributed by atoms with van der Waals surface area (Å²) in [6, 6.07) is 5.53. The van der Waals surface area contributed by atoms with Gasteiger partial charge >= 0.3 is 5.97 Å². The van der Waals surface area contributed by atoms with E-state index in [1.165, 1.54) is 0 Å². The highest BCUT2D eigenvalue weighted by Crippen LogP contribution is 2.28. The molecular formula is C27H42ClN3O6. The average Bonchev–Trinajstić information content (AvgIpc) is 2.91. The summed E-state index contributed by atoms with van der Waals surface area (Å²) in [5, 5.41) is 15.9. The van der Waals surface area contributed by atoms with Gasteiger partial charge in [-0.3, -0.25) is 14.4 Å². The Morgan fingerprint density at radius 3 is 2.54 bits per heavy atom. The van der Waals surface area contributed by atoms with Crippen molar-refractivity contribution in [2.75, 3.05) is 46.9 Å². The van der Waals surface area contributed by atoms with Crippen molar-refractivity contribution in [3.63, 3.8) is 0 Å². The summed E-state index contributed by atoms with van der Waals surface area (Å²) in [5.74, 6) is -0.139. The van der Waals surface area contributed by atoms with E-state index in [4.69, 9.17) is 9.47 Å². The maximum atomic E-state index is 12.8. The van der Waals surface area contributed by atoms with Crippen molar-refractivity contribution in [1.82, 2.24) is 15.5 Å². The summed E-state index contributed by atoms with van der Waals surface area (Å²) in [4.78, 5) is 39.2. The molecule has 0 aliphatic carbocycles. The lowest BCUT2D eigenvalue weighted by molar-refractivity contribution is -0.142. The van der Waals surface area contributed by atoms with Crippen LogP contribution in [0.3, 0.4) is 0 Å². The van der Waals surface area contributed by atoms with E-state index < -0.39 is 11.9 Å². The van der Waals surface area contributed by atoms with Crippen LogP contribution in [-0.2, 0) is 20.8 Å². The number of nitrogens with zero attached hydrogens (tertiary/aromatic N) is 1. The largest absolute Gasteiger partial charge is 0.493 e. The number of ether oxygens (including phenoxy) is 2. The first-order valence-corrected chi connectivity index (χ1v) is 13.1. The van der Waals surface area contributed by atoms with Crippen LogP contribution in [0.4, 0.5) is 0 Å². The molecule has 1 aromatic carbocycles. The summed E-state index contributed by atoms with van der Waals surface area (Å²) in [5.41, 5.74) is 0.941. The Morgan fingerprint density at radius 2 is 1.86 bits per heavy atom. The summed E-state index contributed by atoms with van der Waals surface area (Å²) in [6.45, 7) is 3.23. The molecule has 0 unspecified atom stereocenters. The number of carboxylic acid groups (broad SMARTS) is 1. The number of hydrogen-bond donors (Lipinski definition) is 3. The molecule has 2 aliphatic rings. The molecule has 2 aliphatic heterocycles. The van der Waals surface area contributed by atoms with Crippen molar-refractivity contribution in [3.8, 4) is 11.5 Å². The number of halogens is 1. The third kappa shape index (κ3) is 9.38. The number of likely N-dealkylation sites (tertiary alicyclic amines) is 1. The van der Waals surface area contributed by atoms with Gasteiger partial charge in [-0.25, -0.2) is 0 Å². The average molecular weight is 540 g/mol. The van der Waals surface area contributed by atoms with E-state index in [1.807, 2.05) is 17.0 Å². The van der Waals surface area contributed by atoms with Crippen LogP contribution in [0.5, 0.6) is 11.5 Å². The third-order valence-electron chi connectivity index (χ3n) is 7.47. The zero-order chi connectivity index (χ0) is 25.9. The van der Waals surface area contributed by atoms with Crippen LogP contribution in [0.2, 0.25) is 0 Å². The van der Waals surface area contributed by atoms with Gasteiger partial charge in [0.05, 0.1) is 26.1 Å². The van der Waals surface area contributed by atoms with Crippen LogP contribution in [0.15, 0.2) is 18.2 Å². The zero-order valence-corrected chi connectivity index (χ0v) is 22.8. The van der Waals surface area contributed by atoms with Crippen molar-refractivity contribution >= 4 is 30.2 Å². The van der Waals surface area contributed by atoms with Crippen molar-refractivity contribution in [2.45, 2.75) is 51.4 Å². The van der Waals surface area contributed by atoms with Gasteiger partial charge < -0.3 is 30.1 Å². The van der Waals surface area contributed by atoms with Gasteiger partial charge in [0.2, 0.25) is 11.8 Å². The smallest absolute Gasteiger partial charge is 0.308 e. The Bertz CT molecular complexity index is 893. The molecule has 0 bridgehead atoms. The Hall–Kier alpha value is -2.52. The number of amides is 2. The Labute approximate surface area is 226 Å². The summed E-state index contributed by atoms with van der Waals surface area (Å²) >= 11 is 0. The fourth-order valence-electron chi connectivity index (χ4n) is 5.13. The van der Waals surface area contributed by atoms with Gasteiger partial charge in [-0.2, -0.15) is 0 Å². The SMILES string of the molecule is COc1ccc(CC[C@H](CNC(=O)[C@@H]2CCCN(C(=O)CCC3CCNCC3)C2)C(=O)O)cc1OC.Cl. The predicted molar refractivity (Wildman–Crippen MR) is 143 cm³/mol. The molecule has 2 amide bonds. The van der Waals surface area contributed by atoms with Crippen LogP contribution in [0.25, 0.3) is 0 Å². The molecule has 0 radical (unpaired) electrons. The molecule has 0 aromatic heterocycles. The van der Waals surface area contributed by atoms with Crippen LogP contribution in [0, 0.1) is 17.8 Å². The standard InChI is InChI=1S/C27H41N3O6.ClH/c1-35-23-9-6-20(16-24(23)36-2)5-8-21(27(33)34)17-29-26(32)22-4-3-15-30(18-22)25(31)10-7-19-11-13-28-14-12-19;/h6,9,16,19,21-22,28H,3-5,7-8,10-15,17-18H2,1-2H3,(H,29,32)(H,33,34);1H/t21-,22-;/m1./s1. The van der Waals surface area contributed by atoms with E-state index in [0.29, 0.717) is 56.2 Å². The second-order valence-corrected chi connectivity index (χ2v) is 9.92. The number of aryl methyl sites for hydroxylation is 1. The van der Waals surface area contributed by atoms with E-state index in [2.05, 4.69) is 10.6 Å². The van der Waals surface area contributed by atoms with Gasteiger partial charge in [0.1, 0.15) is 0 Å². The van der Waals surface area contributed by atoms with Crippen LogP contribution in [-0.4, -0.2) is 74.7 Å². The number of carbonyl (C=O) groups excluding carboxylic acids is 2. The second kappa shape index (κ2) is 15.7. The third-order valence-corrected chi connectivity index (χ3v) is 7.47. The Kier molecular flexibility index (Phi) is 13.0. The highest BCUT2D eigenvalue weighted by Gasteiger charge is 2.29. The first-order valence-electron chi connectivity index (χ1n) is 13.1. The van der Waals surface area contributed by atoms with Crippen molar-refractivity contribution in [1.29, 1.82) is 0 Å². The van der Waals surface area contributed by atoms with Crippen molar-refractivity contribution in [2.24, 2.45) is 17.8 Å². The van der Waals surface area contributed by atoms with Crippen LogP contribution >= 0.6 is 12.4 Å². The maximum Gasteiger partial charge on any atom is 0.308 e. The summed E-state index contributed by atoms with van der Waals surface area (Å²) in [7, 11) is 3.13. The molecule has 3 N–H and O–H groups in total. The molecule has 3 rings (SSSR count). The lowest BCUT2D eigenvalue weighted by atomic mass is 9.92. The van der Waals surface area contributed by atoms with Crippen molar-refractivity contribution in [3.05, 3.63) is 23.8 Å². The molecule has 2 saturated heterocycles. The minimum Gasteiger partial charge on any atom is -0.493 e. The zero-order valence-electron chi connectivity index (χ0n) is 22.0. The number of carbonyl (C=O) groups is 3. The van der Waals surface area contributed by atoms with Gasteiger partial charge in [-0.1, -0.05) is 6.07 Å². The highest BCUT2D eigenvalue weighted by atomic mass is 35.5. The molecule has 10 heteroatoms. The lowest BCUT2D eigenvalue weighted by Crippen LogP contribution is -2.46. The number of aliphatic carboxylic acids is 1. The highest BCUT2D eigenvalue weighted by molar-refractivity contribution is 5.85. The Balaban J connectivity index is 0.00000481. The molecule has 0 spiro atoms. The van der Waals surface area contributed by atoms with Gasteiger partial charge in [-0.05, 0) is 81.6 Å². The molecule has 0 saturated carbocycles. The number of rotatable bonds is 12. The minimum atomic E-state index is -0.936. The predicted octanol–water partition coefficient (Wildman–Crippen LogP) is 2.89. The van der Waals surface area contributed by atoms with E-state index >= 15 is 0 Å². The quantitative estimate of drug-likeness (QED) is 0.374. The summed E-state index contributed by atoms with van der Waals surface area (Å²) in [6.07, 6.45) is 6.12. The topological polar surface area (TPSA) is 117 Å². The van der Waals surface area contributed by atoms with Gasteiger partial charge in [0.15, 0.2) is 11.5 Å². The maximum absolute atomic E-state index is 12.8. The molecule has 2 atom stereocenters. The number of methoxy groups -OCH3 is 2. The van der Waals surface area contributed by atoms with E-state index in [1.54, 1.807) is 20.3 Å². The van der Waals surface area contributed by atoms with Gasteiger partial charge in [0.25, 0.3) is 0 Å². The van der Waals surface area contributed by atoms with Crippen molar-refractivity contribution < 1.29 is 29.0 Å². The molecule has 2 heterocycles. The molecular weight excluding hydrogens is 498 g/mol. The second-order valence-electron chi connectivity index (χ2n) is 9.92. The molecule has 1 aromatic rings. The fourth-order valence-corrected chi connectivity index (χ4v) is 5.13. The van der Waals surface area contributed by atoms with E-state index in [-0.39, 0.29) is 36.7 Å². The normalized spacial score (nSPS) is 18.9.